The number of amides is 2. The quantitative estimate of drug-likeness (QED) is 0.218. The molecule has 8 nitrogen and oxygen atoms in total. The van der Waals surface area contributed by atoms with Crippen LogP contribution in [0.4, 0.5) is 5.69 Å². The number of hydrogen-bond donors (Lipinski definition) is 1. The monoisotopic (exact) mass is 665 g/mol. The molecule has 2 amide bonds. The van der Waals surface area contributed by atoms with Gasteiger partial charge in [0.05, 0.1) is 27.2 Å². The average molecular weight is 667 g/mol. The maximum Gasteiger partial charge on any atom is 0.264 e. The van der Waals surface area contributed by atoms with Crippen LogP contribution >= 0.6 is 35.0 Å². The summed E-state index contributed by atoms with van der Waals surface area (Å²) < 4.78 is 34.7. The first kappa shape index (κ1) is 34.6. The zero-order chi connectivity index (χ0) is 31.9. The summed E-state index contributed by atoms with van der Waals surface area (Å²) >= 11 is 13.8. The molecule has 0 radical (unpaired) electrons. The highest BCUT2D eigenvalue weighted by atomic mass is 35.5. The van der Waals surface area contributed by atoms with Crippen molar-refractivity contribution in [3.05, 3.63) is 82.3 Å². The van der Waals surface area contributed by atoms with Gasteiger partial charge in [-0.3, -0.25) is 13.9 Å². The van der Waals surface area contributed by atoms with Crippen LogP contribution in [-0.4, -0.2) is 56.1 Å². The predicted molar refractivity (Wildman–Crippen MR) is 175 cm³/mol. The molecular weight excluding hydrogens is 629 g/mol. The lowest BCUT2D eigenvalue weighted by Gasteiger charge is -2.33. The lowest BCUT2D eigenvalue weighted by Crippen LogP contribution is -2.54. The number of ether oxygens (including phenoxy) is 1. The second kappa shape index (κ2) is 14.7. The first-order valence-electron chi connectivity index (χ1n) is 13.6. The molecule has 3 aromatic carbocycles. The van der Waals surface area contributed by atoms with Gasteiger partial charge in [0.2, 0.25) is 11.8 Å². The van der Waals surface area contributed by atoms with Gasteiger partial charge in [-0.2, -0.15) is 0 Å². The number of benzene rings is 3. The van der Waals surface area contributed by atoms with Crippen LogP contribution in [0, 0.1) is 0 Å². The molecule has 0 aliphatic heterocycles. The Morgan fingerprint density at radius 2 is 1.60 bits per heavy atom. The number of carbonyl (C=O) groups is 2. The number of anilines is 1. The smallest absolute Gasteiger partial charge is 0.264 e. The van der Waals surface area contributed by atoms with Crippen LogP contribution < -0.4 is 14.4 Å². The summed E-state index contributed by atoms with van der Waals surface area (Å²) in [7, 11) is -4.20. The number of rotatable bonds is 12. The van der Waals surface area contributed by atoms with Crippen molar-refractivity contribution >= 4 is 62.5 Å². The Hall–Kier alpha value is -2.92. The van der Waals surface area contributed by atoms with Crippen LogP contribution in [0.25, 0.3) is 0 Å². The molecule has 0 bridgehead atoms. The Bertz CT molecular complexity index is 1530. The van der Waals surface area contributed by atoms with E-state index in [2.05, 4.69) is 5.32 Å². The highest BCUT2D eigenvalue weighted by Crippen LogP contribution is 2.28. The summed E-state index contributed by atoms with van der Waals surface area (Å²) in [6.07, 6.45) is 1.90. The van der Waals surface area contributed by atoms with Gasteiger partial charge in [-0.05, 0) is 107 Å². The van der Waals surface area contributed by atoms with Crippen molar-refractivity contribution in [2.45, 2.75) is 62.5 Å². The van der Waals surface area contributed by atoms with Gasteiger partial charge < -0.3 is 15.0 Å². The Balaban J connectivity index is 2.06. The molecule has 0 saturated carbocycles. The molecule has 0 aromatic heterocycles. The van der Waals surface area contributed by atoms with Crippen LogP contribution in [0.15, 0.2) is 76.5 Å². The summed E-state index contributed by atoms with van der Waals surface area (Å²) in [5.74, 6) is -0.405. The predicted octanol–water partition coefficient (Wildman–Crippen LogP) is 6.64. The van der Waals surface area contributed by atoms with E-state index in [1.165, 1.54) is 28.8 Å². The zero-order valence-corrected chi connectivity index (χ0v) is 28.2. The first-order chi connectivity index (χ1) is 20.2. The number of thioether (sulfide) groups is 1. The van der Waals surface area contributed by atoms with Crippen molar-refractivity contribution < 1.29 is 22.7 Å². The van der Waals surface area contributed by atoms with E-state index in [9.17, 15) is 18.0 Å². The van der Waals surface area contributed by atoms with Gasteiger partial charge in [-0.1, -0.05) is 29.3 Å². The molecule has 3 aromatic rings. The summed E-state index contributed by atoms with van der Waals surface area (Å²) in [4.78, 5) is 29.6. The SMILES string of the molecule is CCOc1ccc(N(CC(=O)N(Cc2ccc(Cl)c(Cl)c2)C(C)C(=O)NC(C)(C)C)S(=O)(=O)c2ccc(SC)cc2)cc1. The second-order valence-corrected chi connectivity index (χ2v) is 14.4. The van der Waals surface area contributed by atoms with E-state index >= 15 is 0 Å². The van der Waals surface area contributed by atoms with Crippen LogP contribution in [-0.2, 0) is 26.2 Å². The summed E-state index contributed by atoms with van der Waals surface area (Å²) in [6.45, 7) is 8.85. The largest absolute Gasteiger partial charge is 0.494 e. The number of nitrogens with one attached hydrogen (secondary N) is 1. The van der Waals surface area contributed by atoms with Crippen molar-refractivity contribution in [1.82, 2.24) is 10.2 Å². The van der Waals surface area contributed by atoms with E-state index in [-0.39, 0.29) is 23.0 Å². The summed E-state index contributed by atoms with van der Waals surface area (Å²) in [5.41, 5.74) is 0.345. The molecule has 1 atom stereocenters. The number of hydrogen-bond acceptors (Lipinski definition) is 6. The van der Waals surface area contributed by atoms with Gasteiger partial charge in [-0.15, -0.1) is 11.8 Å². The Morgan fingerprint density at radius 1 is 0.977 bits per heavy atom. The van der Waals surface area contributed by atoms with E-state index in [0.717, 1.165) is 9.20 Å². The van der Waals surface area contributed by atoms with E-state index < -0.39 is 34.1 Å². The van der Waals surface area contributed by atoms with Gasteiger partial charge in [0.1, 0.15) is 18.3 Å². The van der Waals surface area contributed by atoms with Crippen LogP contribution in [0.1, 0.15) is 40.2 Å². The number of carbonyl (C=O) groups excluding carboxylic acids is 2. The highest BCUT2D eigenvalue weighted by Gasteiger charge is 2.33. The van der Waals surface area contributed by atoms with Crippen LogP contribution in [0.2, 0.25) is 10.0 Å². The van der Waals surface area contributed by atoms with E-state index in [1.807, 2.05) is 34.0 Å². The highest BCUT2D eigenvalue weighted by molar-refractivity contribution is 7.98. The standard InChI is InChI=1S/C31H37Cl2N3O5S2/c1-7-41-24-11-9-23(10-12-24)36(43(39,40)26-15-13-25(42-6)14-16-26)20-29(37)35(21(2)30(38)34-31(3,4)5)19-22-8-17-27(32)28(33)18-22/h8-18,21H,7,19-20H2,1-6H3,(H,34,38). The minimum absolute atomic E-state index is 0.00592. The normalized spacial score (nSPS) is 12.4. The molecule has 0 heterocycles. The van der Waals surface area contributed by atoms with Crippen LogP contribution in [0.3, 0.4) is 0 Å². The molecule has 0 saturated heterocycles. The van der Waals surface area contributed by atoms with Crippen molar-refractivity contribution in [2.75, 3.05) is 23.7 Å². The zero-order valence-electron chi connectivity index (χ0n) is 25.1. The fraction of sp³-hybridized carbons (Fsp3) is 0.355. The third-order valence-corrected chi connectivity index (χ3v) is 9.64. The molecule has 0 spiro atoms. The topological polar surface area (TPSA) is 96.0 Å². The fourth-order valence-electron chi connectivity index (χ4n) is 4.17. The van der Waals surface area contributed by atoms with E-state index in [0.29, 0.717) is 28.0 Å². The first-order valence-corrected chi connectivity index (χ1v) is 17.0. The molecule has 0 aliphatic carbocycles. The maximum atomic E-state index is 14.1. The lowest BCUT2D eigenvalue weighted by molar-refractivity contribution is -0.140. The molecule has 3 rings (SSSR count). The second-order valence-electron chi connectivity index (χ2n) is 10.8. The van der Waals surface area contributed by atoms with E-state index in [1.54, 1.807) is 61.5 Å². The number of nitrogens with zero attached hydrogens (tertiary/aromatic N) is 2. The molecule has 0 aliphatic rings. The molecule has 232 valence electrons. The molecular formula is C31H37Cl2N3O5S2. The molecule has 43 heavy (non-hydrogen) atoms. The third-order valence-electron chi connectivity index (χ3n) is 6.36. The molecule has 0 fully saturated rings. The maximum absolute atomic E-state index is 14.1. The Kier molecular flexibility index (Phi) is 11.8. The molecule has 12 heteroatoms. The minimum Gasteiger partial charge on any atom is -0.494 e. The van der Waals surface area contributed by atoms with Gasteiger partial charge in [0.15, 0.2) is 0 Å². The molecule has 1 unspecified atom stereocenters. The van der Waals surface area contributed by atoms with Gasteiger partial charge in [-0.25, -0.2) is 8.42 Å². The van der Waals surface area contributed by atoms with Crippen molar-refractivity contribution in [3.8, 4) is 5.75 Å². The average Bonchev–Trinajstić information content (AvgIpc) is 2.95. The third kappa shape index (κ3) is 9.28. The van der Waals surface area contributed by atoms with Gasteiger partial charge in [0.25, 0.3) is 10.0 Å². The van der Waals surface area contributed by atoms with Crippen molar-refractivity contribution in [2.24, 2.45) is 0 Å². The Morgan fingerprint density at radius 3 is 2.14 bits per heavy atom. The number of halogens is 2. The Labute approximate surface area is 268 Å². The van der Waals surface area contributed by atoms with Gasteiger partial charge >= 0.3 is 0 Å². The minimum atomic E-state index is -4.20. The van der Waals surface area contributed by atoms with Crippen LogP contribution in [0.5, 0.6) is 5.75 Å². The van der Waals surface area contributed by atoms with Crippen molar-refractivity contribution in [1.29, 1.82) is 0 Å². The fourth-order valence-corrected chi connectivity index (χ4v) is 6.31. The summed E-state index contributed by atoms with van der Waals surface area (Å²) in [6, 6.07) is 16.9. The molecule has 1 N–H and O–H groups in total. The van der Waals surface area contributed by atoms with Crippen molar-refractivity contribution in [3.63, 3.8) is 0 Å². The van der Waals surface area contributed by atoms with Gasteiger partial charge in [0, 0.05) is 17.0 Å². The number of sulfonamides is 1. The van der Waals surface area contributed by atoms with E-state index in [4.69, 9.17) is 27.9 Å². The lowest BCUT2D eigenvalue weighted by atomic mass is 10.1. The summed E-state index contributed by atoms with van der Waals surface area (Å²) in [5, 5.41) is 3.55.